The Kier molecular flexibility index (Phi) is 3.53. The molecule has 2 heterocycles. The van der Waals surface area contributed by atoms with Crippen molar-refractivity contribution in [3.05, 3.63) is 62.4 Å². The first kappa shape index (κ1) is 12.7. The van der Waals surface area contributed by atoms with Crippen molar-refractivity contribution >= 4 is 5.91 Å². The summed E-state index contributed by atoms with van der Waals surface area (Å²) in [6.07, 6.45) is 0. The van der Waals surface area contributed by atoms with E-state index in [0.29, 0.717) is 5.69 Å². The quantitative estimate of drug-likeness (QED) is 0.355. The van der Waals surface area contributed by atoms with Crippen molar-refractivity contribution in [2.45, 2.75) is 6.54 Å². The second kappa shape index (κ2) is 5.27. The Bertz CT molecular complexity index is 719. The molecule has 19 heavy (non-hydrogen) atoms. The van der Waals surface area contributed by atoms with Crippen LogP contribution in [0, 0.1) is 0 Å². The first-order valence-corrected chi connectivity index (χ1v) is 5.37. The number of hydrogen-bond donors (Lipinski definition) is 3. The van der Waals surface area contributed by atoms with E-state index < -0.39 is 11.5 Å². The highest BCUT2D eigenvalue weighted by Crippen LogP contribution is 2.00. The van der Waals surface area contributed by atoms with Crippen LogP contribution in [0.15, 0.2) is 39.9 Å². The van der Waals surface area contributed by atoms with E-state index in [1.54, 1.807) is 12.1 Å². The van der Waals surface area contributed by atoms with Gasteiger partial charge in [-0.3, -0.25) is 24.9 Å². The zero-order valence-electron chi connectivity index (χ0n) is 9.79. The van der Waals surface area contributed by atoms with Crippen molar-refractivity contribution < 1.29 is 4.79 Å². The molecule has 98 valence electrons. The van der Waals surface area contributed by atoms with Gasteiger partial charge in [0.2, 0.25) is 0 Å². The van der Waals surface area contributed by atoms with Gasteiger partial charge in [0.25, 0.3) is 17.0 Å². The van der Waals surface area contributed by atoms with Gasteiger partial charge in [-0.1, -0.05) is 6.07 Å². The lowest BCUT2D eigenvalue weighted by Gasteiger charge is -2.05. The van der Waals surface area contributed by atoms with E-state index in [0.717, 1.165) is 16.8 Å². The lowest BCUT2D eigenvalue weighted by atomic mass is 10.3. The molecule has 0 aliphatic rings. The summed E-state index contributed by atoms with van der Waals surface area (Å²) in [5, 5.41) is 2.37. The third kappa shape index (κ3) is 2.93. The van der Waals surface area contributed by atoms with Gasteiger partial charge < -0.3 is 0 Å². The van der Waals surface area contributed by atoms with Crippen LogP contribution >= 0.6 is 0 Å². The monoisotopic (exact) mass is 261 g/mol. The minimum atomic E-state index is -0.532. The van der Waals surface area contributed by atoms with E-state index in [-0.39, 0.29) is 17.8 Å². The number of aromatic nitrogens is 3. The van der Waals surface area contributed by atoms with Gasteiger partial charge in [0.05, 0.1) is 12.2 Å². The van der Waals surface area contributed by atoms with Crippen LogP contribution in [0.25, 0.3) is 0 Å². The summed E-state index contributed by atoms with van der Waals surface area (Å²) in [5.41, 5.74) is 1.79. The lowest BCUT2D eigenvalue weighted by molar-refractivity contribution is 0.0948. The van der Waals surface area contributed by atoms with Gasteiger partial charge in [-0.05, 0) is 12.1 Å². The highest BCUT2D eigenvalue weighted by molar-refractivity contribution is 5.91. The maximum atomic E-state index is 11.5. The average molecular weight is 261 g/mol. The number of H-pyrrole nitrogens is 1. The molecule has 4 N–H and O–H groups in total. The van der Waals surface area contributed by atoms with Gasteiger partial charge in [0.1, 0.15) is 5.69 Å². The summed E-state index contributed by atoms with van der Waals surface area (Å²) in [7, 11) is 0. The maximum absolute atomic E-state index is 11.5. The Morgan fingerprint density at radius 2 is 2.11 bits per heavy atom. The fourth-order valence-electron chi connectivity index (χ4n) is 1.51. The second-order valence-electron chi connectivity index (χ2n) is 3.72. The van der Waals surface area contributed by atoms with Crippen LogP contribution < -0.4 is 22.4 Å². The predicted molar refractivity (Wildman–Crippen MR) is 66.3 cm³/mol. The average Bonchev–Trinajstić information content (AvgIpc) is 2.42. The summed E-state index contributed by atoms with van der Waals surface area (Å²) in [4.78, 5) is 38.0. The first-order valence-electron chi connectivity index (χ1n) is 5.37. The van der Waals surface area contributed by atoms with E-state index >= 15 is 0 Å². The zero-order chi connectivity index (χ0) is 13.8. The number of nitrogen functional groups attached to an aromatic ring is 1. The third-order valence-electron chi connectivity index (χ3n) is 2.38. The molecular weight excluding hydrogens is 250 g/mol. The summed E-state index contributed by atoms with van der Waals surface area (Å²) in [6, 6.07) is 7.03. The van der Waals surface area contributed by atoms with E-state index in [1.807, 2.05) is 5.43 Å². The highest BCUT2D eigenvalue weighted by atomic mass is 16.2. The maximum Gasteiger partial charge on any atom is 0.283 e. The molecule has 0 aromatic carbocycles. The summed E-state index contributed by atoms with van der Waals surface area (Å²) in [5.74, 6) is 4.48. The minimum absolute atomic E-state index is 0.0562. The number of carbonyl (C=O) groups excluding carboxylic acids is 1. The van der Waals surface area contributed by atoms with Gasteiger partial charge in [0.15, 0.2) is 0 Å². The lowest BCUT2D eigenvalue weighted by Crippen LogP contribution is -2.31. The molecule has 0 unspecified atom stereocenters. The van der Waals surface area contributed by atoms with Crippen LogP contribution in [0.5, 0.6) is 0 Å². The van der Waals surface area contributed by atoms with Crippen molar-refractivity contribution in [2.75, 3.05) is 0 Å². The van der Waals surface area contributed by atoms with Crippen LogP contribution in [0.2, 0.25) is 0 Å². The fraction of sp³-hybridized carbons (Fsp3) is 0.0909. The zero-order valence-corrected chi connectivity index (χ0v) is 9.79. The second-order valence-corrected chi connectivity index (χ2v) is 3.72. The number of nitrogens with zero attached hydrogens (tertiary/aromatic N) is 2. The Labute approximate surface area is 106 Å². The SMILES string of the molecule is NNC(=O)c1cccc(Cn2[nH]c(=O)ccc2=O)n1. The van der Waals surface area contributed by atoms with Gasteiger partial charge >= 0.3 is 0 Å². The molecule has 0 spiro atoms. The summed E-state index contributed by atoms with van der Waals surface area (Å²) in [6.45, 7) is 0.0562. The number of amides is 1. The summed E-state index contributed by atoms with van der Waals surface area (Å²) < 4.78 is 1.11. The Morgan fingerprint density at radius 1 is 1.32 bits per heavy atom. The van der Waals surface area contributed by atoms with Crippen molar-refractivity contribution in [1.29, 1.82) is 0 Å². The minimum Gasteiger partial charge on any atom is -0.289 e. The number of rotatable bonds is 3. The normalized spacial score (nSPS) is 10.2. The van der Waals surface area contributed by atoms with Gasteiger partial charge in [-0.25, -0.2) is 15.5 Å². The number of carbonyl (C=O) groups is 1. The molecule has 8 heteroatoms. The molecule has 0 saturated carbocycles. The molecule has 2 rings (SSSR count). The molecule has 2 aromatic heterocycles. The summed E-state index contributed by atoms with van der Waals surface area (Å²) >= 11 is 0. The molecule has 0 atom stereocenters. The van der Waals surface area contributed by atoms with Crippen molar-refractivity contribution in [1.82, 2.24) is 20.2 Å². The van der Waals surface area contributed by atoms with E-state index in [2.05, 4.69) is 10.1 Å². The molecule has 8 nitrogen and oxygen atoms in total. The topological polar surface area (TPSA) is 123 Å². The molecule has 0 bridgehead atoms. The third-order valence-corrected chi connectivity index (χ3v) is 2.38. The molecular formula is C11H11N5O3. The van der Waals surface area contributed by atoms with Crippen molar-refractivity contribution in [3.63, 3.8) is 0 Å². The number of pyridine rings is 1. The van der Waals surface area contributed by atoms with Gasteiger partial charge in [-0.15, -0.1) is 0 Å². The molecule has 0 radical (unpaired) electrons. The molecule has 0 aliphatic heterocycles. The molecule has 0 aliphatic carbocycles. The number of hydrogen-bond acceptors (Lipinski definition) is 5. The van der Waals surface area contributed by atoms with Crippen LogP contribution in [0.4, 0.5) is 0 Å². The standard InChI is InChI=1S/C11H11N5O3/c12-14-11(19)8-3-1-2-7(13-8)6-16-10(18)5-4-9(17)15-16/h1-5H,6,12H2,(H,14,19)(H,15,17). The van der Waals surface area contributed by atoms with Gasteiger partial charge in [-0.2, -0.15) is 0 Å². The molecule has 0 saturated heterocycles. The van der Waals surface area contributed by atoms with Crippen LogP contribution in [0.3, 0.4) is 0 Å². The van der Waals surface area contributed by atoms with E-state index in [9.17, 15) is 14.4 Å². The Morgan fingerprint density at radius 3 is 2.84 bits per heavy atom. The van der Waals surface area contributed by atoms with Gasteiger partial charge in [0, 0.05) is 12.1 Å². The predicted octanol–water partition coefficient (Wildman–Crippen LogP) is -1.42. The Balaban J connectivity index is 2.33. The van der Waals surface area contributed by atoms with Crippen LogP contribution in [-0.2, 0) is 6.54 Å². The van der Waals surface area contributed by atoms with Crippen LogP contribution in [0.1, 0.15) is 16.2 Å². The molecule has 1 amide bonds. The highest BCUT2D eigenvalue weighted by Gasteiger charge is 2.06. The molecule has 2 aromatic rings. The molecule has 0 fully saturated rings. The van der Waals surface area contributed by atoms with Crippen LogP contribution in [-0.4, -0.2) is 20.7 Å². The first-order chi connectivity index (χ1) is 9.10. The number of hydrazine groups is 1. The van der Waals surface area contributed by atoms with E-state index in [1.165, 1.54) is 6.07 Å². The number of aromatic amines is 1. The largest absolute Gasteiger partial charge is 0.289 e. The van der Waals surface area contributed by atoms with Crippen molar-refractivity contribution in [3.8, 4) is 0 Å². The van der Waals surface area contributed by atoms with Crippen molar-refractivity contribution in [2.24, 2.45) is 5.84 Å². The smallest absolute Gasteiger partial charge is 0.283 e. The number of nitrogens with one attached hydrogen (secondary N) is 2. The number of nitrogens with two attached hydrogens (primary N) is 1. The Hall–Kier alpha value is -2.74. The van der Waals surface area contributed by atoms with E-state index in [4.69, 9.17) is 5.84 Å². The fourth-order valence-corrected chi connectivity index (χ4v) is 1.51.